The van der Waals surface area contributed by atoms with Crippen molar-refractivity contribution in [3.63, 3.8) is 0 Å². The van der Waals surface area contributed by atoms with E-state index in [-0.39, 0.29) is 28.6 Å². The Balaban J connectivity index is 2.04. The van der Waals surface area contributed by atoms with Gasteiger partial charge in [-0.15, -0.1) is 11.3 Å². The standard InChI is InChI=1S/C18H21ClN2O5S2/c1-3-21(4-2)28(24,25)16-10-13(7-8-15(16)19)18(23)26-12-17(22)20-11-14-6-5-9-27-14/h5-10H,3-4,11-12H2,1-2H3,(H,20,22). The lowest BCUT2D eigenvalue weighted by Crippen LogP contribution is -2.31. The Morgan fingerprint density at radius 1 is 1.21 bits per heavy atom. The number of thiophene rings is 1. The number of benzene rings is 1. The summed E-state index contributed by atoms with van der Waals surface area (Å²) in [4.78, 5) is 24.8. The maximum Gasteiger partial charge on any atom is 0.338 e. The highest BCUT2D eigenvalue weighted by Gasteiger charge is 2.26. The molecule has 28 heavy (non-hydrogen) atoms. The second kappa shape index (κ2) is 10.0. The van der Waals surface area contributed by atoms with Crippen molar-refractivity contribution in [2.45, 2.75) is 25.3 Å². The normalized spacial score (nSPS) is 11.4. The number of carbonyl (C=O) groups is 2. The van der Waals surface area contributed by atoms with E-state index in [1.54, 1.807) is 13.8 Å². The van der Waals surface area contributed by atoms with Gasteiger partial charge in [0.25, 0.3) is 5.91 Å². The molecule has 1 amide bonds. The van der Waals surface area contributed by atoms with Crippen molar-refractivity contribution in [3.8, 4) is 0 Å². The van der Waals surface area contributed by atoms with E-state index in [2.05, 4.69) is 5.32 Å². The number of halogens is 1. The highest BCUT2D eigenvalue weighted by atomic mass is 35.5. The summed E-state index contributed by atoms with van der Waals surface area (Å²) in [5.41, 5.74) is 0.00110. The molecule has 1 N–H and O–H groups in total. The van der Waals surface area contributed by atoms with Crippen LogP contribution in [0.2, 0.25) is 5.02 Å². The second-order valence-corrected chi connectivity index (χ2v) is 9.01. The van der Waals surface area contributed by atoms with Gasteiger partial charge >= 0.3 is 5.97 Å². The van der Waals surface area contributed by atoms with E-state index in [1.165, 1.54) is 33.8 Å². The third-order valence-corrected chi connectivity index (χ3v) is 7.27. The smallest absolute Gasteiger partial charge is 0.338 e. The molecule has 0 aliphatic carbocycles. The number of hydrogen-bond donors (Lipinski definition) is 1. The number of nitrogens with zero attached hydrogens (tertiary/aromatic N) is 1. The van der Waals surface area contributed by atoms with Crippen molar-refractivity contribution in [1.82, 2.24) is 9.62 Å². The van der Waals surface area contributed by atoms with Gasteiger partial charge in [0.05, 0.1) is 17.1 Å². The first kappa shape index (κ1) is 22.4. The topological polar surface area (TPSA) is 92.8 Å². The van der Waals surface area contributed by atoms with Crippen LogP contribution in [0, 0.1) is 0 Å². The number of amides is 1. The number of rotatable bonds is 9. The highest BCUT2D eigenvalue weighted by molar-refractivity contribution is 7.89. The molecule has 2 rings (SSSR count). The maximum atomic E-state index is 12.7. The van der Waals surface area contributed by atoms with Crippen molar-refractivity contribution in [3.05, 3.63) is 51.2 Å². The summed E-state index contributed by atoms with van der Waals surface area (Å²) in [6, 6.07) is 7.60. The summed E-state index contributed by atoms with van der Waals surface area (Å²) in [6.45, 7) is 3.85. The summed E-state index contributed by atoms with van der Waals surface area (Å²) in [5.74, 6) is -1.26. The van der Waals surface area contributed by atoms with Gasteiger partial charge in [-0.3, -0.25) is 4.79 Å². The molecule has 1 aromatic carbocycles. The van der Waals surface area contributed by atoms with E-state index in [4.69, 9.17) is 16.3 Å². The van der Waals surface area contributed by atoms with Gasteiger partial charge in [-0.25, -0.2) is 13.2 Å². The van der Waals surface area contributed by atoms with Crippen molar-refractivity contribution >= 4 is 44.8 Å². The third-order valence-electron chi connectivity index (χ3n) is 3.86. The Morgan fingerprint density at radius 2 is 1.93 bits per heavy atom. The Kier molecular flexibility index (Phi) is 7.99. The van der Waals surface area contributed by atoms with Gasteiger partial charge in [-0.05, 0) is 29.6 Å². The van der Waals surface area contributed by atoms with E-state index in [0.717, 1.165) is 4.88 Å². The van der Waals surface area contributed by atoms with E-state index < -0.39 is 28.5 Å². The summed E-state index contributed by atoms with van der Waals surface area (Å²) < 4.78 is 31.6. The van der Waals surface area contributed by atoms with E-state index in [1.807, 2.05) is 17.5 Å². The van der Waals surface area contributed by atoms with Crippen LogP contribution in [0.3, 0.4) is 0 Å². The van der Waals surface area contributed by atoms with Crippen LogP contribution in [0.4, 0.5) is 0 Å². The molecule has 0 unspecified atom stereocenters. The van der Waals surface area contributed by atoms with Crippen molar-refractivity contribution in [2.24, 2.45) is 0 Å². The highest BCUT2D eigenvalue weighted by Crippen LogP contribution is 2.26. The van der Waals surface area contributed by atoms with Gasteiger partial charge in [0, 0.05) is 18.0 Å². The summed E-state index contributed by atoms with van der Waals surface area (Å²) in [6.07, 6.45) is 0. The van der Waals surface area contributed by atoms with Gasteiger partial charge in [0.2, 0.25) is 10.0 Å². The van der Waals surface area contributed by atoms with Crippen LogP contribution >= 0.6 is 22.9 Å². The monoisotopic (exact) mass is 444 g/mol. The van der Waals surface area contributed by atoms with Gasteiger partial charge in [0.15, 0.2) is 6.61 Å². The molecule has 0 aliphatic heterocycles. The molecule has 1 heterocycles. The average molecular weight is 445 g/mol. The van der Waals surface area contributed by atoms with Crippen LogP contribution in [-0.4, -0.2) is 44.3 Å². The first-order valence-electron chi connectivity index (χ1n) is 8.55. The zero-order valence-corrected chi connectivity index (χ0v) is 17.9. The predicted octanol–water partition coefficient (Wildman–Crippen LogP) is 2.91. The van der Waals surface area contributed by atoms with Crippen LogP contribution in [0.15, 0.2) is 40.6 Å². The fraction of sp³-hybridized carbons (Fsp3) is 0.333. The number of esters is 1. The molecular formula is C18H21ClN2O5S2. The number of hydrogen-bond acceptors (Lipinski definition) is 6. The number of nitrogens with one attached hydrogen (secondary N) is 1. The largest absolute Gasteiger partial charge is 0.452 e. The van der Waals surface area contributed by atoms with Gasteiger partial charge in [-0.1, -0.05) is 31.5 Å². The predicted molar refractivity (Wildman–Crippen MR) is 108 cm³/mol. The minimum Gasteiger partial charge on any atom is -0.452 e. The van der Waals surface area contributed by atoms with Gasteiger partial charge < -0.3 is 10.1 Å². The molecule has 7 nitrogen and oxygen atoms in total. The van der Waals surface area contributed by atoms with Crippen LogP contribution < -0.4 is 5.32 Å². The van der Waals surface area contributed by atoms with E-state index >= 15 is 0 Å². The molecular weight excluding hydrogens is 424 g/mol. The zero-order chi connectivity index (χ0) is 20.7. The Morgan fingerprint density at radius 3 is 2.54 bits per heavy atom. The summed E-state index contributed by atoms with van der Waals surface area (Å²) in [5, 5.41) is 4.54. The molecule has 0 atom stereocenters. The fourth-order valence-electron chi connectivity index (χ4n) is 2.39. The lowest BCUT2D eigenvalue weighted by molar-refractivity contribution is -0.124. The Hall–Kier alpha value is -1.94. The number of sulfonamides is 1. The zero-order valence-electron chi connectivity index (χ0n) is 15.5. The van der Waals surface area contributed by atoms with Crippen molar-refractivity contribution in [1.29, 1.82) is 0 Å². The second-order valence-electron chi connectivity index (χ2n) is 5.67. The SMILES string of the molecule is CCN(CC)S(=O)(=O)c1cc(C(=O)OCC(=O)NCc2cccs2)ccc1Cl. The van der Waals surface area contributed by atoms with E-state index in [9.17, 15) is 18.0 Å². The molecule has 0 radical (unpaired) electrons. The van der Waals surface area contributed by atoms with E-state index in [0.29, 0.717) is 6.54 Å². The lowest BCUT2D eigenvalue weighted by atomic mass is 10.2. The number of ether oxygens (including phenoxy) is 1. The summed E-state index contributed by atoms with van der Waals surface area (Å²) in [7, 11) is -3.84. The molecule has 0 aliphatic rings. The molecule has 0 fully saturated rings. The maximum absolute atomic E-state index is 12.7. The molecule has 0 saturated carbocycles. The minimum atomic E-state index is -3.84. The first-order valence-corrected chi connectivity index (χ1v) is 11.2. The summed E-state index contributed by atoms with van der Waals surface area (Å²) >= 11 is 7.54. The van der Waals surface area contributed by atoms with Crippen LogP contribution in [-0.2, 0) is 26.1 Å². The van der Waals surface area contributed by atoms with Crippen molar-refractivity contribution < 1.29 is 22.7 Å². The molecule has 152 valence electrons. The lowest BCUT2D eigenvalue weighted by Gasteiger charge is -2.19. The van der Waals surface area contributed by atoms with Crippen LogP contribution in [0.1, 0.15) is 29.1 Å². The van der Waals surface area contributed by atoms with Crippen LogP contribution in [0.5, 0.6) is 0 Å². The van der Waals surface area contributed by atoms with Crippen molar-refractivity contribution in [2.75, 3.05) is 19.7 Å². The van der Waals surface area contributed by atoms with Gasteiger partial charge in [0.1, 0.15) is 4.90 Å². The molecule has 2 aromatic rings. The van der Waals surface area contributed by atoms with Gasteiger partial charge in [-0.2, -0.15) is 4.31 Å². The third kappa shape index (κ3) is 5.54. The first-order chi connectivity index (χ1) is 13.3. The molecule has 10 heteroatoms. The average Bonchev–Trinajstić information content (AvgIpc) is 3.19. The fourth-order valence-corrected chi connectivity index (χ4v) is 5.00. The molecule has 0 bridgehead atoms. The Bertz CT molecular complexity index is 925. The number of carbonyl (C=O) groups excluding carboxylic acids is 2. The minimum absolute atomic E-state index is 0.00110. The molecule has 0 saturated heterocycles. The Labute approximate surface area is 173 Å². The quantitative estimate of drug-likeness (QED) is 0.600. The molecule has 0 spiro atoms. The molecule has 1 aromatic heterocycles. The van der Waals surface area contributed by atoms with Crippen LogP contribution in [0.25, 0.3) is 0 Å².